The molecule has 0 bridgehead atoms. The second kappa shape index (κ2) is 16.8. The normalized spacial score (nSPS) is 11.3. The number of halogens is 3. The standard InChI is InChI=1S/C39H37F3N2O8/c1-5-50-36(48)38(37(49)51-6-2,27-15-11-8-12-16-27)24-52-33(45)22-25-17-20-32(31(21-25)35(47)44(3)4)43-34(46)30-23-28(39(40,41)42)18-19-29(30)26-13-9-7-10-14-26/h7-21,23H,5-6,22,24H2,1-4H3,(H,43,46). The number of ether oxygens (including phenoxy) is 3. The van der Waals surface area contributed by atoms with Crippen LogP contribution in [0.2, 0.25) is 0 Å². The monoisotopic (exact) mass is 718 g/mol. The number of amides is 2. The number of rotatable bonds is 13. The third-order valence-corrected chi connectivity index (χ3v) is 7.96. The van der Waals surface area contributed by atoms with Crippen molar-refractivity contribution in [1.29, 1.82) is 0 Å². The molecule has 1 N–H and O–H groups in total. The van der Waals surface area contributed by atoms with E-state index in [2.05, 4.69) is 5.32 Å². The summed E-state index contributed by atoms with van der Waals surface area (Å²) in [5.41, 5.74) is -2.32. The fraction of sp³-hybridized carbons (Fsp3) is 0.256. The summed E-state index contributed by atoms with van der Waals surface area (Å²) in [6, 6.07) is 23.2. The Bertz CT molecular complexity index is 1910. The van der Waals surface area contributed by atoms with Crippen molar-refractivity contribution in [3.8, 4) is 11.1 Å². The van der Waals surface area contributed by atoms with Gasteiger partial charge in [-0.2, -0.15) is 13.2 Å². The van der Waals surface area contributed by atoms with Gasteiger partial charge in [0.2, 0.25) is 5.41 Å². The lowest BCUT2D eigenvalue weighted by Gasteiger charge is -2.29. The minimum absolute atomic E-state index is 0.0232. The van der Waals surface area contributed by atoms with Gasteiger partial charge in [-0.15, -0.1) is 0 Å². The number of anilines is 1. The molecule has 52 heavy (non-hydrogen) atoms. The maximum Gasteiger partial charge on any atom is 0.416 e. The van der Waals surface area contributed by atoms with E-state index < -0.39 is 59.9 Å². The molecule has 0 atom stereocenters. The zero-order valence-corrected chi connectivity index (χ0v) is 28.9. The van der Waals surface area contributed by atoms with Crippen molar-refractivity contribution in [3.05, 3.63) is 125 Å². The first-order valence-electron chi connectivity index (χ1n) is 16.2. The molecular formula is C39H37F3N2O8. The molecule has 4 aromatic carbocycles. The van der Waals surface area contributed by atoms with Gasteiger partial charge in [0.1, 0.15) is 6.61 Å². The summed E-state index contributed by atoms with van der Waals surface area (Å²) in [6.45, 7) is 2.25. The molecule has 0 aliphatic carbocycles. The molecule has 0 aliphatic heterocycles. The van der Waals surface area contributed by atoms with Crippen molar-refractivity contribution < 1.29 is 51.4 Å². The second-order valence-corrected chi connectivity index (χ2v) is 11.7. The highest BCUT2D eigenvalue weighted by atomic mass is 19.4. The maximum atomic E-state index is 13.7. The fourth-order valence-electron chi connectivity index (χ4n) is 5.35. The molecule has 0 fully saturated rings. The van der Waals surface area contributed by atoms with Crippen LogP contribution in [0.25, 0.3) is 11.1 Å². The summed E-state index contributed by atoms with van der Waals surface area (Å²) < 4.78 is 57.0. The van der Waals surface area contributed by atoms with Gasteiger partial charge in [0, 0.05) is 19.7 Å². The third-order valence-electron chi connectivity index (χ3n) is 7.96. The van der Waals surface area contributed by atoms with Gasteiger partial charge in [-0.05, 0) is 60.4 Å². The molecule has 0 aromatic heterocycles. The number of benzene rings is 4. The number of alkyl halides is 3. The molecule has 0 aliphatic rings. The van der Waals surface area contributed by atoms with Crippen LogP contribution in [0.15, 0.2) is 97.1 Å². The predicted octanol–water partition coefficient (Wildman–Crippen LogP) is 6.48. The summed E-state index contributed by atoms with van der Waals surface area (Å²) in [4.78, 5) is 67.9. The van der Waals surface area contributed by atoms with E-state index in [1.807, 2.05) is 0 Å². The van der Waals surface area contributed by atoms with Crippen molar-refractivity contribution in [1.82, 2.24) is 4.90 Å². The molecule has 0 heterocycles. The van der Waals surface area contributed by atoms with Crippen LogP contribution < -0.4 is 5.32 Å². The van der Waals surface area contributed by atoms with Crippen LogP contribution >= 0.6 is 0 Å². The van der Waals surface area contributed by atoms with E-state index in [1.54, 1.807) is 62.4 Å². The molecule has 0 saturated carbocycles. The van der Waals surface area contributed by atoms with Crippen LogP contribution in [-0.2, 0) is 46.6 Å². The van der Waals surface area contributed by atoms with E-state index in [0.717, 1.165) is 12.1 Å². The van der Waals surface area contributed by atoms with Crippen molar-refractivity contribution in [3.63, 3.8) is 0 Å². The molecule has 4 rings (SSSR count). The van der Waals surface area contributed by atoms with Crippen LogP contribution in [0.4, 0.5) is 18.9 Å². The van der Waals surface area contributed by atoms with Gasteiger partial charge in [0.15, 0.2) is 0 Å². The summed E-state index contributed by atoms with van der Waals surface area (Å²) >= 11 is 0. The topological polar surface area (TPSA) is 128 Å². The van der Waals surface area contributed by atoms with Crippen LogP contribution in [0.1, 0.15) is 51.3 Å². The van der Waals surface area contributed by atoms with E-state index in [-0.39, 0.29) is 46.7 Å². The van der Waals surface area contributed by atoms with Crippen molar-refractivity contribution >= 4 is 35.4 Å². The summed E-state index contributed by atoms with van der Waals surface area (Å²) in [5, 5.41) is 2.57. The predicted molar refractivity (Wildman–Crippen MR) is 185 cm³/mol. The van der Waals surface area contributed by atoms with Crippen LogP contribution in [-0.4, -0.2) is 68.5 Å². The average molecular weight is 719 g/mol. The highest BCUT2D eigenvalue weighted by molar-refractivity contribution is 6.12. The smallest absolute Gasteiger partial charge is 0.416 e. The zero-order chi connectivity index (χ0) is 38.1. The van der Waals surface area contributed by atoms with Crippen molar-refractivity contribution in [2.75, 3.05) is 39.2 Å². The van der Waals surface area contributed by atoms with Crippen molar-refractivity contribution in [2.45, 2.75) is 31.9 Å². The molecule has 0 spiro atoms. The Morgan fingerprint density at radius 2 is 1.29 bits per heavy atom. The Balaban J connectivity index is 1.65. The van der Waals surface area contributed by atoms with E-state index in [0.29, 0.717) is 5.56 Å². The van der Waals surface area contributed by atoms with Crippen LogP contribution in [0.3, 0.4) is 0 Å². The Labute approximate surface area is 298 Å². The van der Waals surface area contributed by atoms with Gasteiger partial charge >= 0.3 is 24.1 Å². The fourth-order valence-corrected chi connectivity index (χ4v) is 5.35. The summed E-state index contributed by atoms with van der Waals surface area (Å²) in [7, 11) is 2.92. The van der Waals surface area contributed by atoms with Gasteiger partial charge in [0.05, 0.1) is 36.4 Å². The molecule has 4 aromatic rings. The number of nitrogens with one attached hydrogen (secondary N) is 1. The number of hydrogen-bond acceptors (Lipinski definition) is 8. The van der Waals surface area contributed by atoms with Crippen LogP contribution in [0.5, 0.6) is 0 Å². The average Bonchev–Trinajstić information content (AvgIpc) is 3.12. The van der Waals surface area contributed by atoms with Gasteiger partial charge in [-0.3, -0.25) is 24.0 Å². The highest BCUT2D eigenvalue weighted by Gasteiger charge is 2.52. The number of hydrogen-bond donors (Lipinski definition) is 1. The maximum absolute atomic E-state index is 13.7. The van der Waals surface area contributed by atoms with Gasteiger partial charge in [-0.1, -0.05) is 72.8 Å². The Morgan fingerprint density at radius 3 is 1.85 bits per heavy atom. The van der Waals surface area contributed by atoms with Crippen LogP contribution in [0, 0.1) is 0 Å². The highest BCUT2D eigenvalue weighted by Crippen LogP contribution is 2.34. The van der Waals surface area contributed by atoms with E-state index in [1.165, 1.54) is 55.4 Å². The Kier molecular flexibility index (Phi) is 12.6. The number of esters is 3. The van der Waals surface area contributed by atoms with E-state index in [9.17, 15) is 37.1 Å². The number of carbonyl (C=O) groups is 5. The first-order chi connectivity index (χ1) is 24.7. The quantitative estimate of drug-likeness (QED) is 0.0946. The molecule has 272 valence electrons. The first kappa shape index (κ1) is 38.8. The summed E-state index contributed by atoms with van der Waals surface area (Å²) in [5.74, 6) is -4.29. The second-order valence-electron chi connectivity index (χ2n) is 11.7. The first-order valence-corrected chi connectivity index (χ1v) is 16.2. The zero-order valence-electron chi connectivity index (χ0n) is 28.9. The minimum atomic E-state index is -4.72. The molecule has 0 unspecified atom stereocenters. The molecule has 0 radical (unpaired) electrons. The van der Waals surface area contributed by atoms with Gasteiger partial charge < -0.3 is 24.4 Å². The largest absolute Gasteiger partial charge is 0.465 e. The third kappa shape index (κ3) is 8.84. The summed E-state index contributed by atoms with van der Waals surface area (Å²) in [6.07, 6.45) is -5.15. The SMILES string of the molecule is CCOC(=O)C(COC(=O)Cc1ccc(NC(=O)c2cc(C(F)(F)F)ccc2-c2ccccc2)c(C(=O)N(C)C)c1)(C(=O)OCC)c1ccccc1. The lowest BCUT2D eigenvalue weighted by atomic mass is 9.81. The molecule has 2 amide bonds. The number of nitrogens with zero attached hydrogens (tertiary/aromatic N) is 1. The lowest BCUT2D eigenvalue weighted by Crippen LogP contribution is -2.50. The minimum Gasteiger partial charge on any atom is -0.465 e. The lowest BCUT2D eigenvalue weighted by molar-refractivity contribution is -0.170. The molecule has 13 heteroatoms. The Morgan fingerprint density at radius 1 is 0.692 bits per heavy atom. The van der Waals surface area contributed by atoms with Gasteiger partial charge in [0.25, 0.3) is 11.8 Å². The number of carbonyl (C=O) groups excluding carboxylic acids is 5. The Hall–Kier alpha value is -5.98. The van der Waals surface area contributed by atoms with Gasteiger partial charge in [-0.25, -0.2) is 0 Å². The van der Waals surface area contributed by atoms with Crippen molar-refractivity contribution in [2.24, 2.45) is 0 Å². The molecule has 10 nitrogen and oxygen atoms in total. The van der Waals surface area contributed by atoms with E-state index >= 15 is 0 Å². The molecular weight excluding hydrogens is 681 g/mol. The molecule has 0 saturated heterocycles. The van der Waals surface area contributed by atoms with E-state index in [4.69, 9.17) is 14.2 Å².